The molecule has 2 aromatic rings. The minimum atomic E-state index is -0.220. The lowest BCUT2D eigenvalue weighted by Gasteiger charge is -2.23. The third-order valence-electron chi connectivity index (χ3n) is 4.19. The third kappa shape index (κ3) is 4.27. The molecule has 3 N–H and O–H groups in total. The zero-order chi connectivity index (χ0) is 16.1. The van der Waals surface area contributed by atoms with E-state index >= 15 is 0 Å². The number of urea groups is 1. The van der Waals surface area contributed by atoms with E-state index in [4.69, 9.17) is 16.0 Å². The van der Waals surface area contributed by atoms with E-state index in [1.165, 1.54) is 17.7 Å². The van der Waals surface area contributed by atoms with Crippen molar-refractivity contribution in [2.24, 2.45) is 0 Å². The molecule has 1 aromatic carbocycles. The van der Waals surface area contributed by atoms with Crippen LogP contribution in [0.2, 0.25) is 5.02 Å². The van der Waals surface area contributed by atoms with Gasteiger partial charge in [0.15, 0.2) is 11.8 Å². The van der Waals surface area contributed by atoms with Gasteiger partial charge in [-0.3, -0.25) is 0 Å². The Hall–Kier alpha value is -1.98. The van der Waals surface area contributed by atoms with E-state index in [-0.39, 0.29) is 12.1 Å². The number of amides is 2. The lowest BCUT2D eigenvalue weighted by Crippen LogP contribution is -3.11. The van der Waals surface area contributed by atoms with Crippen LogP contribution in [-0.2, 0) is 0 Å². The second kappa shape index (κ2) is 7.53. The van der Waals surface area contributed by atoms with Crippen LogP contribution in [0.3, 0.4) is 0 Å². The van der Waals surface area contributed by atoms with E-state index in [0.29, 0.717) is 11.6 Å². The lowest BCUT2D eigenvalue weighted by molar-refractivity contribution is -0.919. The van der Waals surface area contributed by atoms with Crippen molar-refractivity contribution in [1.29, 1.82) is 0 Å². The molecule has 1 atom stereocenters. The highest BCUT2D eigenvalue weighted by Crippen LogP contribution is 2.14. The molecule has 2 heterocycles. The molecule has 2 amide bonds. The Balaban J connectivity index is 1.57. The molecule has 0 radical (unpaired) electrons. The van der Waals surface area contributed by atoms with Crippen molar-refractivity contribution in [3.05, 3.63) is 53.4 Å². The van der Waals surface area contributed by atoms with E-state index in [2.05, 4.69) is 10.6 Å². The summed E-state index contributed by atoms with van der Waals surface area (Å²) in [6.07, 6.45) is 4.14. The minimum absolute atomic E-state index is 0.156. The molecular weight excluding hydrogens is 314 g/mol. The SMILES string of the molecule is O=C(NC[C@H](c1ccco1)[NH+]1CCCC1)Nc1ccc(Cl)cc1. The first-order valence-electron chi connectivity index (χ1n) is 7.91. The Morgan fingerprint density at radius 1 is 1.22 bits per heavy atom. The first kappa shape index (κ1) is 15.9. The first-order chi connectivity index (χ1) is 11.2. The van der Waals surface area contributed by atoms with Gasteiger partial charge in [-0.25, -0.2) is 4.79 Å². The zero-order valence-electron chi connectivity index (χ0n) is 12.8. The van der Waals surface area contributed by atoms with Crippen LogP contribution in [0.15, 0.2) is 47.1 Å². The van der Waals surface area contributed by atoms with E-state index < -0.39 is 0 Å². The molecule has 1 aliphatic heterocycles. The number of hydrogen-bond donors (Lipinski definition) is 3. The molecule has 1 fully saturated rings. The molecule has 3 rings (SSSR count). The van der Waals surface area contributed by atoms with E-state index in [1.54, 1.807) is 30.5 Å². The van der Waals surface area contributed by atoms with Crippen LogP contribution in [0.25, 0.3) is 0 Å². The molecule has 1 aromatic heterocycles. The fourth-order valence-corrected chi connectivity index (χ4v) is 3.14. The maximum Gasteiger partial charge on any atom is 0.319 e. The smallest absolute Gasteiger partial charge is 0.319 e. The van der Waals surface area contributed by atoms with Crippen LogP contribution in [0.4, 0.5) is 10.5 Å². The van der Waals surface area contributed by atoms with Crippen molar-refractivity contribution < 1.29 is 14.1 Å². The molecule has 1 aliphatic rings. The fourth-order valence-electron chi connectivity index (χ4n) is 3.02. The Labute approximate surface area is 140 Å². The van der Waals surface area contributed by atoms with Gasteiger partial charge in [-0.05, 0) is 36.4 Å². The van der Waals surface area contributed by atoms with Crippen molar-refractivity contribution in [1.82, 2.24) is 5.32 Å². The van der Waals surface area contributed by atoms with Gasteiger partial charge in [0.2, 0.25) is 0 Å². The fraction of sp³-hybridized carbons (Fsp3) is 0.353. The van der Waals surface area contributed by atoms with Gasteiger partial charge < -0.3 is 20.0 Å². The average Bonchev–Trinajstić information content (AvgIpc) is 3.24. The predicted molar refractivity (Wildman–Crippen MR) is 89.9 cm³/mol. The molecule has 0 bridgehead atoms. The number of halogens is 1. The Morgan fingerprint density at radius 2 is 1.96 bits per heavy atom. The summed E-state index contributed by atoms with van der Waals surface area (Å²) in [5.41, 5.74) is 0.718. The van der Waals surface area contributed by atoms with Gasteiger partial charge in [-0.2, -0.15) is 0 Å². The highest BCUT2D eigenvalue weighted by Gasteiger charge is 2.29. The number of carbonyl (C=O) groups is 1. The molecule has 5 nitrogen and oxygen atoms in total. The van der Waals surface area contributed by atoms with Gasteiger partial charge >= 0.3 is 6.03 Å². The number of benzene rings is 1. The molecule has 6 heteroatoms. The zero-order valence-corrected chi connectivity index (χ0v) is 13.6. The Kier molecular flexibility index (Phi) is 5.20. The predicted octanol–water partition coefficient (Wildman–Crippen LogP) is 2.47. The second-order valence-corrected chi connectivity index (χ2v) is 6.21. The van der Waals surface area contributed by atoms with Crippen molar-refractivity contribution in [3.8, 4) is 0 Å². The highest BCUT2D eigenvalue weighted by atomic mass is 35.5. The number of hydrogen-bond acceptors (Lipinski definition) is 2. The van der Waals surface area contributed by atoms with Crippen molar-refractivity contribution in [2.45, 2.75) is 18.9 Å². The summed E-state index contributed by atoms with van der Waals surface area (Å²) < 4.78 is 5.56. The van der Waals surface area contributed by atoms with Crippen LogP contribution in [0.1, 0.15) is 24.6 Å². The summed E-state index contributed by atoms with van der Waals surface area (Å²) in [6.45, 7) is 2.78. The van der Waals surface area contributed by atoms with Crippen LogP contribution in [0.5, 0.6) is 0 Å². The minimum Gasteiger partial charge on any atom is -0.463 e. The van der Waals surface area contributed by atoms with Gasteiger partial charge in [0.25, 0.3) is 0 Å². The number of likely N-dealkylation sites (tertiary alicyclic amines) is 1. The van der Waals surface area contributed by atoms with Crippen molar-refractivity contribution in [3.63, 3.8) is 0 Å². The Bertz CT molecular complexity index is 622. The maximum absolute atomic E-state index is 12.1. The standard InChI is InChI=1S/C17H20ClN3O2/c18-13-5-7-14(8-6-13)20-17(22)19-12-15(16-4-3-11-23-16)21-9-1-2-10-21/h3-8,11,15H,1-2,9-10,12H2,(H2,19,20,22)/p+1/t15-/m1/s1. The molecule has 23 heavy (non-hydrogen) atoms. The maximum atomic E-state index is 12.1. The third-order valence-corrected chi connectivity index (χ3v) is 4.45. The number of anilines is 1. The quantitative estimate of drug-likeness (QED) is 0.786. The Morgan fingerprint density at radius 3 is 2.61 bits per heavy atom. The summed E-state index contributed by atoms with van der Waals surface area (Å²) in [6, 6.07) is 10.9. The number of furan rings is 1. The van der Waals surface area contributed by atoms with Crippen molar-refractivity contribution >= 4 is 23.3 Å². The van der Waals surface area contributed by atoms with Crippen molar-refractivity contribution in [2.75, 3.05) is 25.0 Å². The molecule has 122 valence electrons. The molecule has 0 unspecified atom stereocenters. The summed E-state index contributed by atoms with van der Waals surface area (Å²) in [4.78, 5) is 13.6. The topological polar surface area (TPSA) is 58.7 Å². The largest absolute Gasteiger partial charge is 0.463 e. The average molecular weight is 335 g/mol. The number of nitrogens with one attached hydrogen (secondary N) is 3. The molecular formula is C17H21ClN3O2+. The van der Waals surface area contributed by atoms with E-state index in [9.17, 15) is 4.79 Å². The highest BCUT2D eigenvalue weighted by molar-refractivity contribution is 6.30. The van der Waals surface area contributed by atoms with Gasteiger partial charge in [0, 0.05) is 23.6 Å². The van der Waals surface area contributed by atoms with Crippen LogP contribution in [0, 0.1) is 0 Å². The number of rotatable bonds is 5. The van der Waals surface area contributed by atoms with E-state index in [1.807, 2.05) is 12.1 Å². The molecule has 0 spiro atoms. The molecule has 1 saturated heterocycles. The first-order valence-corrected chi connectivity index (χ1v) is 8.28. The van der Waals surface area contributed by atoms with Crippen LogP contribution >= 0.6 is 11.6 Å². The lowest BCUT2D eigenvalue weighted by atomic mass is 10.2. The second-order valence-electron chi connectivity index (χ2n) is 5.78. The molecule has 0 aliphatic carbocycles. The van der Waals surface area contributed by atoms with E-state index in [0.717, 1.165) is 24.5 Å². The van der Waals surface area contributed by atoms with Crippen LogP contribution in [-0.4, -0.2) is 25.7 Å². The summed E-state index contributed by atoms with van der Waals surface area (Å²) in [7, 11) is 0. The summed E-state index contributed by atoms with van der Waals surface area (Å²) >= 11 is 5.84. The van der Waals surface area contributed by atoms with Gasteiger partial charge in [0.05, 0.1) is 25.9 Å². The summed E-state index contributed by atoms with van der Waals surface area (Å²) in [5.74, 6) is 0.925. The number of carbonyl (C=O) groups excluding carboxylic acids is 1. The summed E-state index contributed by atoms with van der Waals surface area (Å²) in [5, 5.41) is 6.40. The normalized spacial score (nSPS) is 16.2. The van der Waals surface area contributed by atoms with Gasteiger partial charge in [-0.15, -0.1) is 0 Å². The number of quaternary nitrogens is 1. The van der Waals surface area contributed by atoms with Gasteiger partial charge in [0.1, 0.15) is 0 Å². The molecule has 0 saturated carbocycles. The monoisotopic (exact) mass is 334 g/mol. The van der Waals surface area contributed by atoms with Crippen LogP contribution < -0.4 is 15.5 Å². The van der Waals surface area contributed by atoms with Gasteiger partial charge in [-0.1, -0.05) is 11.6 Å².